The summed E-state index contributed by atoms with van der Waals surface area (Å²) in [5, 5.41) is 12.5. The molecule has 6 nitrogen and oxygen atoms in total. The van der Waals surface area contributed by atoms with Gasteiger partial charge in [0.1, 0.15) is 6.61 Å². The Hall–Kier alpha value is -2.44. The number of ether oxygens (including phenoxy) is 1. The Balaban J connectivity index is 0.000000249. The van der Waals surface area contributed by atoms with Crippen molar-refractivity contribution in [3.63, 3.8) is 0 Å². The molecule has 0 saturated carbocycles. The van der Waals surface area contributed by atoms with Crippen LogP contribution in [0.4, 0.5) is 0 Å². The van der Waals surface area contributed by atoms with Gasteiger partial charge in [-0.25, -0.2) is 4.79 Å². The fourth-order valence-corrected chi connectivity index (χ4v) is 2.20. The van der Waals surface area contributed by atoms with Gasteiger partial charge < -0.3 is 20.1 Å². The van der Waals surface area contributed by atoms with E-state index in [9.17, 15) is 14.7 Å². The van der Waals surface area contributed by atoms with Crippen molar-refractivity contribution in [3.05, 3.63) is 53.3 Å². The quantitative estimate of drug-likeness (QED) is 0.640. The zero-order chi connectivity index (χ0) is 17.4. The third-order valence-electron chi connectivity index (χ3n) is 3.69. The van der Waals surface area contributed by atoms with Crippen LogP contribution >= 0.6 is 0 Å². The number of benzene rings is 1. The van der Waals surface area contributed by atoms with Gasteiger partial charge in [0.2, 0.25) is 5.76 Å². The number of nitrogens with zero attached hydrogens (tertiary/aromatic N) is 1. The van der Waals surface area contributed by atoms with Gasteiger partial charge in [-0.3, -0.25) is 4.79 Å². The molecular weight excluding hydrogens is 308 g/mol. The molecule has 0 amide bonds. The van der Waals surface area contributed by atoms with Crippen molar-refractivity contribution in [2.24, 2.45) is 0 Å². The summed E-state index contributed by atoms with van der Waals surface area (Å²) in [4.78, 5) is 24.8. The lowest BCUT2D eigenvalue weighted by molar-refractivity contribution is -0.138. The predicted molar refractivity (Wildman–Crippen MR) is 91.5 cm³/mol. The molecular formula is C18H22N2O4. The molecule has 0 aromatic heterocycles. The first-order valence-corrected chi connectivity index (χ1v) is 7.84. The minimum atomic E-state index is -0.846. The van der Waals surface area contributed by atoms with E-state index < -0.39 is 17.5 Å². The largest absolute Gasteiger partial charge is 0.501 e. The molecule has 1 aromatic carbocycles. The van der Waals surface area contributed by atoms with Crippen LogP contribution < -0.4 is 5.32 Å². The van der Waals surface area contributed by atoms with Crippen molar-refractivity contribution >= 4 is 17.8 Å². The highest BCUT2D eigenvalue weighted by atomic mass is 16.6. The fraction of sp³-hybridized carbons (Fsp3) is 0.333. The summed E-state index contributed by atoms with van der Waals surface area (Å²) in [6, 6.07) is 9.26. The Kier molecular flexibility index (Phi) is 6.72. The standard InChI is InChI=1S/C13H10O4.C5H12N2/c14-11(10-8-17-13(16)12(10)15)7-6-9-4-2-1-3-5-9;1-7-4-2-6-3-5-7/h1-7,15H,8H2;6H,2-5H2,1H3/b7-6+;. The number of piperazine rings is 1. The van der Waals surface area contributed by atoms with Crippen molar-refractivity contribution in [2.45, 2.75) is 0 Å². The lowest BCUT2D eigenvalue weighted by atomic mass is 10.1. The number of likely N-dealkylation sites (N-methyl/N-ethyl adjacent to an activating group) is 1. The van der Waals surface area contributed by atoms with Crippen molar-refractivity contribution in [2.75, 3.05) is 39.8 Å². The van der Waals surface area contributed by atoms with Gasteiger partial charge in [0.05, 0.1) is 5.57 Å². The molecule has 0 spiro atoms. The number of carbonyl (C=O) groups excluding carboxylic acids is 2. The van der Waals surface area contributed by atoms with E-state index >= 15 is 0 Å². The third-order valence-corrected chi connectivity index (χ3v) is 3.69. The third kappa shape index (κ3) is 5.33. The lowest BCUT2D eigenvalue weighted by Gasteiger charge is -2.21. The zero-order valence-corrected chi connectivity index (χ0v) is 13.7. The summed E-state index contributed by atoms with van der Waals surface area (Å²) in [5.41, 5.74) is 0.869. The van der Waals surface area contributed by atoms with Crippen LogP contribution in [0.15, 0.2) is 47.7 Å². The molecule has 1 aromatic rings. The molecule has 3 rings (SSSR count). The molecule has 6 heteroatoms. The second-order valence-electron chi connectivity index (χ2n) is 5.56. The summed E-state index contributed by atoms with van der Waals surface area (Å²) in [7, 11) is 2.15. The smallest absolute Gasteiger partial charge is 0.374 e. The highest BCUT2D eigenvalue weighted by Crippen LogP contribution is 2.15. The summed E-state index contributed by atoms with van der Waals surface area (Å²) in [6.45, 7) is 4.58. The number of aliphatic hydroxyl groups excluding tert-OH is 1. The van der Waals surface area contributed by atoms with Crippen LogP contribution in [0.25, 0.3) is 6.08 Å². The number of cyclic esters (lactones) is 1. The maximum atomic E-state index is 11.6. The maximum absolute atomic E-state index is 11.6. The van der Waals surface area contributed by atoms with E-state index in [0.29, 0.717) is 0 Å². The summed E-state index contributed by atoms with van der Waals surface area (Å²) >= 11 is 0. The molecule has 0 aliphatic carbocycles. The Morgan fingerprint density at radius 2 is 1.92 bits per heavy atom. The summed E-state index contributed by atoms with van der Waals surface area (Å²) in [6.07, 6.45) is 2.92. The number of aliphatic hydroxyl groups is 1. The second-order valence-corrected chi connectivity index (χ2v) is 5.56. The first-order valence-electron chi connectivity index (χ1n) is 7.84. The number of rotatable bonds is 3. The highest BCUT2D eigenvalue weighted by Gasteiger charge is 2.27. The summed E-state index contributed by atoms with van der Waals surface area (Å²) < 4.78 is 4.53. The Morgan fingerprint density at radius 3 is 2.42 bits per heavy atom. The first kappa shape index (κ1) is 17.9. The van der Waals surface area contributed by atoms with Gasteiger partial charge in [0.25, 0.3) is 0 Å². The number of hydrogen-bond acceptors (Lipinski definition) is 6. The molecule has 2 aliphatic rings. The van der Waals surface area contributed by atoms with E-state index in [4.69, 9.17) is 0 Å². The maximum Gasteiger partial charge on any atom is 0.374 e. The van der Waals surface area contributed by atoms with Crippen molar-refractivity contribution in [3.8, 4) is 0 Å². The molecule has 0 unspecified atom stereocenters. The van der Waals surface area contributed by atoms with E-state index in [2.05, 4.69) is 22.0 Å². The average molecular weight is 330 g/mol. The normalized spacial score (nSPS) is 18.3. The Morgan fingerprint density at radius 1 is 1.25 bits per heavy atom. The van der Waals surface area contributed by atoms with Crippen molar-refractivity contribution < 1.29 is 19.4 Å². The molecule has 0 bridgehead atoms. The lowest BCUT2D eigenvalue weighted by Crippen LogP contribution is -2.40. The van der Waals surface area contributed by atoms with Gasteiger partial charge in [-0.2, -0.15) is 0 Å². The highest BCUT2D eigenvalue weighted by molar-refractivity contribution is 6.12. The topological polar surface area (TPSA) is 78.9 Å². The molecule has 0 atom stereocenters. The van der Waals surface area contributed by atoms with E-state index in [1.54, 1.807) is 6.08 Å². The van der Waals surface area contributed by atoms with Crippen LogP contribution in [-0.4, -0.2) is 61.6 Å². The van der Waals surface area contributed by atoms with Crippen molar-refractivity contribution in [1.82, 2.24) is 10.2 Å². The SMILES string of the molecule is CN1CCNCC1.O=C(/C=C/c1ccccc1)C1=C(O)C(=O)OC1. The summed E-state index contributed by atoms with van der Waals surface area (Å²) in [5.74, 6) is -1.86. The van der Waals surface area contributed by atoms with Crippen LogP contribution in [0.1, 0.15) is 5.56 Å². The van der Waals surface area contributed by atoms with Crippen LogP contribution in [-0.2, 0) is 14.3 Å². The van der Waals surface area contributed by atoms with Gasteiger partial charge in [0.15, 0.2) is 5.78 Å². The average Bonchev–Trinajstić information content (AvgIpc) is 2.94. The second kappa shape index (κ2) is 9.00. The number of nitrogens with one attached hydrogen (secondary N) is 1. The van der Waals surface area contributed by atoms with Gasteiger partial charge in [-0.15, -0.1) is 0 Å². The van der Waals surface area contributed by atoms with E-state index in [0.717, 1.165) is 18.7 Å². The molecule has 1 fully saturated rings. The minimum Gasteiger partial charge on any atom is -0.501 e. The molecule has 2 heterocycles. The number of hydrogen-bond donors (Lipinski definition) is 2. The van der Waals surface area contributed by atoms with Crippen LogP contribution in [0.5, 0.6) is 0 Å². The predicted octanol–water partition coefficient (Wildman–Crippen LogP) is 1.16. The van der Waals surface area contributed by atoms with Crippen LogP contribution in [0.2, 0.25) is 0 Å². The monoisotopic (exact) mass is 330 g/mol. The zero-order valence-electron chi connectivity index (χ0n) is 13.7. The Bertz CT molecular complexity index is 632. The van der Waals surface area contributed by atoms with Crippen LogP contribution in [0.3, 0.4) is 0 Å². The number of allylic oxidation sites excluding steroid dienone is 1. The van der Waals surface area contributed by atoms with E-state index in [-0.39, 0.29) is 12.2 Å². The van der Waals surface area contributed by atoms with E-state index in [1.165, 1.54) is 19.2 Å². The van der Waals surface area contributed by atoms with E-state index in [1.807, 2.05) is 30.3 Å². The van der Waals surface area contributed by atoms with Gasteiger partial charge in [-0.1, -0.05) is 36.4 Å². The minimum absolute atomic E-state index is 0.00202. The van der Waals surface area contributed by atoms with Gasteiger partial charge in [-0.05, 0) is 18.7 Å². The Labute approximate surface area is 141 Å². The van der Waals surface area contributed by atoms with Gasteiger partial charge in [0, 0.05) is 26.2 Å². The van der Waals surface area contributed by atoms with Gasteiger partial charge >= 0.3 is 5.97 Å². The molecule has 1 saturated heterocycles. The molecule has 0 radical (unpaired) electrons. The van der Waals surface area contributed by atoms with Crippen LogP contribution in [0, 0.1) is 0 Å². The number of esters is 1. The molecule has 2 aliphatic heterocycles. The molecule has 2 N–H and O–H groups in total. The fourth-order valence-electron chi connectivity index (χ4n) is 2.20. The number of carbonyl (C=O) groups is 2. The number of ketones is 1. The molecule has 128 valence electrons. The van der Waals surface area contributed by atoms with Crippen molar-refractivity contribution in [1.29, 1.82) is 0 Å². The molecule has 24 heavy (non-hydrogen) atoms. The first-order chi connectivity index (χ1) is 11.6.